The van der Waals surface area contributed by atoms with Gasteiger partial charge in [-0.25, -0.2) is 13.8 Å². The Balaban J connectivity index is 0.000000414. The Bertz CT molecular complexity index is 1140. The predicted octanol–water partition coefficient (Wildman–Crippen LogP) is 4.31. The number of likely N-dealkylation sites (N-methyl/N-ethyl adjacent to an activating group) is 1. The number of piperazine rings is 1. The molecule has 4 rings (SSSR count). The van der Waals surface area contributed by atoms with Gasteiger partial charge in [0, 0.05) is 56.4 Å². The molecule has 2 aliphatic rings. The summed E-state index contributed by atoms with van der Waals surface area (Å²) in [4.78, 5) is 29.9. The number of aliphatic imine (C=N–C) groups is 1. The van der Waals surface area contributed by atoms with E-state index in [1.54, 1.807) is 18.4 Å². The van der Waals surface area contributed by atoms with Crippen molar-refractivity contribution in [2.75, 3.05) is 45.7 Å². The summed E-state index contributed by atoms with van der Waals surface area (Å²) in [5.74, 6) is -3.09. The second-order valence-electron chi connectivity index (χ2n) is 8.80. The van der Waals surface area contributed by atoms with E-state index in [1.807, 2.05) is 0 Å². The molecule has 3 heterocycles. The second kappa shape index (κ2) is 12.9. The first kappa shape index (κ1) is 28.5. The van der Waals surface area contributed by atoms with Crippen molar-refractivity contribution in [3.8, 4) is 0 Å². The van der Waals surface area contributed by atoms with Gasteiger partial charge in [-0.15, -0.1) is 11.3 Å². The number of hydrogen-bond donors (Lipinski definition) is 3. The predicted molar refractivity (Wildman–Crippen MR) is 139 cm³/mol. The van der Waals surface area contributed by atoms with E-state index in [4.69, 9.17) is 19.9 Å². The fraction of sp³-hybridized carbons (Fsp3) is 0.480. The van der Waals surface area contributed by atoms with Crippen LogP contribution in [0.15, 0.2) is 23.2 Å². The third-order valence-corrected chi connectivity index (χ3v) is 7.37. The molecule has 2 aromatic rings. The number of aliphatic carboxylic acids is 2. The van der Waals surface area contributed by atoms with Crippen LogP contribution in [0, 0.1) is 11.6 Å². The Morgan fingerprint density at radius 2 is 1.84 bits per heavy atom. The molecule has 1 saturated heterocycles. The Morgan fingerprint density at radius 3 is 2.46 bits per heavy atom. The number of methoxy groups -OCH3 is 1. The van der Waals surface area contributed by atoms with Crippen LogP contribution in [-0.2, 0) is 20.7 Å². The lowest BCUT2D eigenvalue weighted by Gasteiger charge is -2.40. The summed E-state index contributed by atoms with van der Waals surface area (Å²) in [6.07, 6.45) is 1.25. The Morgan fingerprint density at radius 1 is 1.16 bits per heavy atom. The van der Waals surface area contributed by atoms with Gasteiger partial charge in [0.05, 0.1) is 29.8 Å². The first-order chi connectivity index (χ1) is 17.6. The average molecular weight is 539 g/mol. The summed E-state index contributed by atoms with van der Waals surface area (Å²) in [7, 11) is 3.85. The molecule has 0 radical (unpaired) electrons. The van der Waals surface area contributed by atoms with Crippen LogP contribution in [0.2, 0.25) is 0 Å². The van der Waals surface area contributed by atoms with Crippen molar-refractivity contribution in [3.05, 3.63) is 40.3 Å². The van der Waals surface area contributed by atoms with Gasteiger partial charge in [0.25, 0.3) is 0 Å². The average Bonchev–Trinajstić information content (AvgIpc) is 3.20. The summed E-state index contributed by atoms with van der Waals surface area (Å²) in [6.45, 7) is 5.37. The fourth-order valence-electron chi connectivity index (χ4n) is 4.06. The van der Waals surface area contributed by atoms with Crippen molar-refractivity contribution in [2.45, 2.75) is 38.6 Å². The molecule has 1 aromatic carbocycles. The van der Waals surface area contributed by atoms with E-state index in [0.717, 1.165) is 48.9 Å². The fourth-order valence-corrected chi connectivity index (χ4v) is 5.06. The number of carboxylic acid groups (broad SMARTS) is 2. The van der Waals surface area contributed by atoms with Gasteiger partial charge in [0.1, 0.15) is 10.8 Å². The van der Waals surface area contributed by atoms with Crippen LogP contribution >= 0.6 is 11.3 Å². The number of ether oxygens (including phenoxy) is 1. The number of carbonyl (C=O) groups is 2. The van der Waals surface area contributed by atoms with E-state index in [9.17, 15) is 18.4 Å². The first-order valence-corrected chi connectivity index (χ1v) is 12.8. The van der Waals surface area contributed by atoms with E-state index in [-0.39, 0.29) is 12.8 Å². The molecule has 3 N–H and O–H groups in total. The highest BCUT2D eigenvalue weighted by Crippen LogP contribution is 2.40. The number of anilines is 2. The molecule has 0 bridgehead atoms. The van der Waals surface area contributed by atoms with Gasteiger partial charge in [-0.3, -0.25) is 14.5 Å². The number of fused-ring (bicyclic) bond motifs is 2. The van der Waals surface area contributed by atoms with Crippen LogP contribution in [0.25, 0.3) is 0 Å². The Kier molecular flexibility index (Phi) is 9.95. The summed E-state index contributed by atoms with van der Waals surface area (Å²) < 4.78 is 33.1. The minimum Gasteiger partial charge on any atom is -0.481 e. The number of nitrogens with one attached hydrogen (secondary N) is 1. The van der Waals surface area contributed by atoms with Crippen LogP contribution in [0.4, 0.5) is 25.2 Å². The third-order valence-electron chi connectivity index (χ3n) is 6.17. The zero-order chi connectivity index (χ0) is 27.1. The van der Waals surface area contributed by atoms with Gasteiger partial charge in [0.2, 0.25) is 0 Å². The summed E-state index contributed by atoms with van der Waals surface area (Å²) >= 11 is 1.64. The van der Waals surface area contributed by atoms with Crippen LogP contribution in [0.1, 0.15) is 36.6 Å². The molecular formula is C25H32F2N4O5S. The monoisotopic (exact) mass is 538 g/mol. The number of aryl methyl sites for hydroxylation is 1. The zero-order valence-corrected chi connectivity index (χ0v) is 21.9. The molecule has 0 saturated carbocycles. The number of rotatable bonds is 7. The first-order valence-electron chi connectivity index (χ1n) is 12.0. The highest BCUT2D eigenvalue weighted by molar-refractivity contribution is 7.16. The van der Waals surface area contributed by atoms with Crippen molar-refractivity contribution >= 4 is 45.5 Å². The standard InChI is InChI=1S/C21H26F2N4OS.C4H6O4/c1-4-14-9-15-20(27-7-6-26(2)13(12-27)5-8-28-3)24-18-10-16(22)17(23)11-19(18)25-21(15)29-14;5-3(6)1-2-4(7)8/h9-11,13,25H,4-8,12H2,1-3H3;1-2H2,(H,5,6)(H,7,8)/t13-;/m0./s1. The summed E-state index contributed by atoms with van der Waals surface area (Å²) in [6, 6.07) is 4.86. The van der Waals surface area contributed by atoms with Gasteiger partial charge in [0.15, 0.2) is 11.6 Å². The zero-order valence-electron chi connectivity index (χ0n) is 21.1. The van der Waals surface area contributed by atoms with Crippen molar-refractivity contribution in [2.24, 2.45) is 4.99 Å². The van der Waals surface area contributed by atoms with Crippen molar-refractivity contribution in [3.63, 3.8) is 0 Å². The van der Waals surface area contributed by atoms with E-state index in [0.29, 0.717) is 24.0 Å². The Hall–Kier alpha value is -3.09. The molecule has 9 nitrogen and oxygen atoms in total. The SMILES string of the molecule is CCc1cc2c(s1)Nc1cc(F)c(F)cc1N=C2N1CCN(C)[C@@H](CCOC)C1.O=C(O)CCC(=O)O. The number of benzene rings is 1. The van der Waals surface area contributed by atoms with Crippen molar-refractivity contribution in [1.29, 1.82) is 0 Å². The molecule has 1 fully saturated rings. The lowest BCUT2D eigenvalue weighted by atomic mass is 10.1. The maximum absolute atomic E-state index is 13.9. The number of thiophene rings is 1. The lowest BCUT2D eigenvalue weighted by Crippen LogP contribution is -2.53. The molecule has 37 heavy (non-hydrogen) atoms. The largest absolute Gasteiger partial charge is 0.481 e. The minimum absolute atomic E-state index is 0.296. The molecule has 1 aromatic heterocycles. The maximum Gasteiger partial charge on any atom is 0.303 e. The number of amidine groups is 1. The van der Waals surface area contributed by atoms with Gasteiger partial charge < -0.3 is 25.2 Å². The molecule has 0 spiro atoms. The number of nitrogens with zero attached hydrogens (tertiary/aromatic N) is 3. The van der Waals surface area contributed by atoms with E-state index < -0.39 is 23.6 Å². The second-order valence-corrected chi connectivity index (χ2v) is 9.94. The van der Waals surface area contributed by atoms with Crippen molar-refractivity contribution < 1.29 is 33.3 Å². The van der Waals surface area contributed by atoms with Crippen LogP contribution in [0.5, 0.6) is 0 Å². The molecule has 1 atom stereocenters. The Labute approximate surface area is 218 Å². The minimum atomic E-state index is -1.08. The van der Waals surface area contributed by atoms with E-state index >= 15 is 0 Å². The molecule has 0 aliphatic carbocycles. The van der Waals surface area contributed by atoms with Gasteiger partial charge in [-0.05, 0) is 26.0 Å². The molecule has 2 aliphatic heterocycles. The molecule has 12 heteroatoms. The lowest BCUT2D eigenvalue weighted by molar-refractivity contribution is -0.143. The van der Waals surface area contributed by atoms with Crippen molar-refractivity contribution in [1.82, 2.24) is 9.80 Å². The highest BCUT2D eigenvalue weighted by atomic mass is 32.1. The molecule has 0 amide bonds. The normalized spacial score (nSPS) is 16.9. The van der Waals surface area contributed by atoms with Crippen LogP contribution < -0.4 is 5.32 Å². The quantitative estimate of drug-likeness (QED) is 0.478. The van der Waals surface area contributed by atoms with Gasteiger partial charge in [-0.1, -0.05) is 6.92 Å². The van der Waals surface area contributed by atoms with E-state index in [1.165, 1.54) is 17.0 Å². The van der Waals surface area contributed by atoms with Crippen LogP contribution in [-0.4, -0.2) is 84.2 Å². The summed E-state index contributed by atoms with van der Waals surface area (Å²) in [5, 5.41) is 20.0. The maximum atomic E-state index is 13.9. The molecule has 202 valence electrons. The topological polar surface area (TPSA) is 115 Å². The smallest absolute Gasteiger partial charge is 0.303 e. The number of halogens is 2. The van der Waals surface area contributed by atoms with Gasteiger partial charge in [-0.2, -0.15) is 0 Å². The van der Waals surface area contributed by atoms with Gasteiger partial charge >= 0.3 is 11.9 Å². The highest BCUT2D eigenvalue weighted by Gasteiger charge is 2.30. The molecular weight excluding hydrogens is 506 g/mol. The number of hydrogen-bond acceptors (Lipinski definition) is 8. The van der Waals surface area contributed by atoms with Crippen LogP contribution in [0.3, 0.4) is 0 Å². The third kappa shape index (κ3) is 7.46. The summed E-state index contributed by atoms with van der Waals surface area (Å²) in [5.41, 5.74) is 1.92. The molecule has 0 unspecified atom stereocenters. The van der Waals surface area contributed by atoms with E-state index in [2.05, 4.69) is 35.2 Å². The number of carboxylic acids is 2.